The van der Waals surface area contributed by atoms with E-state index in [1.165, 1.54) is 0 Å². The molecule has 0 spiro atoms. The van der Waals surface area contributed by atoms with Gasteiger partial charge in [-0.05, 0) is 18.2 Å². The molecule has 0 aromatic heterocycles. The van der Waals surface area contributed by atoms with Crippen molar-refractivity contribution in [1.82, 2.24) is 0 Å². The first kappa shape index (κ1) is 12.1. The highest BCUT2D eigenvalue weighted by Gasteiger charge is 2.20. The first-order valence-corrected chi connectivity index (χ1v) is 5.41. The number of hydrogen-bond acceptors (Lipinski definition) is 4. The van der Waals surface area contributed by atoms with Crippen LogP contribution in [0.5, 0.6) is 0 Å². The predicted octanol–water partition coefficient (Wildman–Crippen LogP) is -0.270. The summed E-state index contributed by atoms with van der Waals surface area (Å²) in [7, 11) is -4.28. The second-order valence-electron chi connectivity index (χ2n) is 2.87. The average Bonchev–Trinajstić information content (AvgIpc) is 2.15. The standard InChI is InChI=1S/C8H7NO6S/c9-16(14,15)6-3-4(7(10)11)1-2-5(6)8(12)13/h1-3H,(H,10,11)(H,12,13)(H2,9,14,15). The number of sulfonamides is 1. The summed E-state index contributed by atoms with van der Waals surface area (Å²) >= 11 is 0. The lowest BCUT2D eigenvalue weighted by Gasteiger charge is -2.04. The molecular formula is C8H7NO6S. The highest BCUT2D eigenvalue weighted by molar-refractivity contribution is 7.89. The van der Waals surface area contributed by atoms with Crippen molar-refractivity contribution in [1.29, 1.82) is 0 Å². The van der Waals surface area contributed by atoms with Crippen LogP contribution in [0, 0.1) is 0 Å². The lowest BCUT2D eigenvalue weighted by atomic mass is 10.1. The number of aromatic carboxylic acids is 2. The van der Waals surface area contributed by atoms with Crippen molar-refractivity contribution in [3.63, 3.8) is 0 Å². The maximum Gasteiger partial charge on any atom is 0.337 e. The largest absolute Gasteiger partial charge is 0.478 e. The zero-order chi connectivity index (χ0) is 12.5. The van der Waals surface area contributed by atoms with E-state index in [2.05, 4.69) is 0 Å². The molecule has 4 N–H and O–H groups in total. The van der Waals surface area contributed by atoms with Gasteiger partial charge in [-0.25, -0.2) is 23.1 Å². The van der Waals surface area contributed by atoms with Gasteiger partial charge in [-0.3, -0.25) is 0 Å². The fourth-order valence-corrected chi connectivity index (χ4v) is 1.82. The SMILES string of the molecule is NS(=O)(=O)c1cc(C(=O)O)ccc1C(=O)O. The summed E-state index contributed by atoms with van der Waals surface area (Å²) in [4.78, 5) is 20.5. The van der Waals surface area contributed by atoms with E-state index in [0.717, 1.165) is 12.1 Å². The van der Waals surface area contributed by atoms with Crippen LogP contribution >= 0.6 is 0 Å². The van der Waals surface area contributed by atoms with Crippen molar-refractivity contribution in [2.24, 2.45) is 5.14 Å². The molecule has 0 aliphatic rings. The lowest BCUT2D eigenvalue weighted by Crippen LogP contribution is -2.17. The molecule has 1 aromatic carbocycles. The first-order chi connectivity index (χ1) is 7.23. The van der Waals surface area contributed by atoms with Gasteiger partial charge in [-0.1, -0.05) is 0 Å². The Hall–Kier alpha value is -1.93. The number of carboxylic acid groups (broad SMARTS) is 2. The summed E-state index contributed by atoms with van der Waals surface area (Å²) in [6.07, 6.45) is 0. The maximum atomic E-state index is 11.1. The van der Waals surface area contributed by atoms with Crippen LogP contribution in [-0.4, -0.2) is 30.6 Å². The quantitative estimate of drug-likeness (QED) is 0.670. The molecule has 0 aliphatic heterocycles. The van der Waals surface area contributed by atoms with Gasteiger partial charge in [0.1, 0.15) is 0 Å². The molecule has 0 aliphatic carbocycles. The van der Waals surface area contributed by atoms with E-state index < -0.39 is 32.4 Å². The van der Waals surface area contributed by atoms with Crippen LogP contribution in [0.4, 0.5) is 0 Å². The second-order valence-corrected chi connectivity index (χ2v) is 4.40. The Labute approximate surface area is 90.2 Å². The van der Waals surface area contributed by atoms with Gasteiger partial charge in [-0.2, -0.15) is 0 Å². The molecule has 1 aromatic rings. The molecule has 0 radical (unpaired) electrons. The first-order valence-electron chi connectivity index (χ1n) is 3.87. The summed E-state index contributed by atoms with van der Waals surface area (Å²) in [6.45, 7) is 0. The van der Waals surface area contributed by atoms with E-state index in [4.69, 9.17) is 15.4 Å². The molecule has 16 heavy (non-hydrogen) atoms. The third-order valence-electron chi connectivity index (χ3n) is 1.77. The van der Waals surface area contributed by atoms with Crippen LogP contribution in [0.1, 0.15) is 20.7 Å². The number of carbonyl (C=O) groups is 2. The van der Waals surface area contributed by atoms with Crippen molar-refractivity contribution in [3.8, 4) is 0 Å². The van der Waals surface area contributed by atoms with Crippen LogP contribution in [-0.2, 0) is 10.0 Å². The van der Waals surface area contributed by atoms with Crippen molar-refractivity contribution in [3.05, 3.63) is 29.3 Å². The van der Waals surface area contributed by atoms with Crippen LogP contribution in [0.3, 0.4) is 0 Å². The van der Waals surface area contributed by atoms with Crippen LogP contribution in [0.25, 0.3) is 0 Å². The van der Waals surface area contributed by atoms with E-state index in [9.17, 15) is 18.0 Å². The molecule has 1 rings (SSSR count). The molecule has 0 unspecified atom stereocenters. The number of nitrogens with two attached hydrogens (primary N) is 1. The fraction of sp³-hybridized carbons (Fsp3) is 0. The highest BCUT2D eigenvalue weighted by atomic mass is 32.2. The Balaban J connectivity index is 3.58. The lowest BCUT2D eigenvalue weighted by molar-refractivity contribution is 0.0678. The topological polar surface area (TPSA) is 135 Å². The summed E-state index contributed by atoms with van der Waals surface area (Å²) in [5, 5.41) is 22.1. The zero-order valence-electron chi connectivity index (χ0n) is 7.75. The molecule has 7 nitrogen and oxygen atoms in total. The normalized spacial score (nSPS) is 11.1. The average molecular weight is 245 g/mol. The maximum absolute atomic E-state index is 11.1. The van der Waals surface area contributed by atoms with Crippen LogP contribution in [0.2, 0.25) is 0 Å². The molecule has 86 valence electrons. The summed E-state index contributed by atoms with van der Waals surface area (Å²) in [5.74, 6) is -2.87. The molecule has 0 fully saturated rings. The van der Waals surface area contributed by atoms with Gasteiger partial charge in [0.2, 0.25) is 10.0 Å². The minimum Gasteiger partial charge on any atom is -0.478 e. The minimum atomic E-state index is -4.28. The van der Waals surface area contributed by atoms with E-state index in [-0.39, 0.29) is 5.56 Å². The fourth-order valence-electron chi connectivity index (χ4n) is 1.07. The van der Waals surface area contributed by atoms with Crippen molar-refractivity contribution in [2.75, 3.05) is 0 Å². The van der Waals surface area contributed by atoms with Gasteiger partial charge in [0.05, 0.1) is 16.0 Å². The van der Waals surface area contributed by atoms with Gasteiger partial charge in [-0.15, -0.1) is 0 Å². The third-order valence-corrected chi connectivity index (χ3v) is 2.72. The number of rotatable bonds is 3. The van der Waals surface area contributed by atoms with Crippen molar-refractivity contribution in [2.45, 2.75) is 4.90 Å². The van der Waals surface area contributed by atoms with Crippen LogP contribution in [0.15, 0.2) is 23.1 Å². The van der Waals surface area contributed by atoms with Crippen molar-refractivity contribution >= 4 is 22.0 Å². The molecule has 0 heterocycles. The van der Waals surface area contributed by atoms with Gasteiger partial charge >= 0.3 is 11.9 Å². The van der Waals surface area contributed by atoms with E-state index >= 15 is 0 Å². The van der Waals surface area contributed by atoms with Gasteiger partial charge in [0, 0.05) is 0 Å². The summed E-state index contributed by atoms with van der Waals surface area (Å²) in [5.41, 5.74) is -0.915. The van der Waals surface area contributed by atoms with Gasteiger partial charge in [0.25, 0.3) is 0 Å². The van der Waals surface area contributed by atoms with Crippen molar-refractivity contribution < 1.29 is 28.2 Å². The number of carboxylic acids is 2. The second kappa shape index (κ2) is 3.91. The Bertz CT molecular complexity index is 562. The van der Waals surface area contributed by atoms with E-state index in [0.29, 0.717) is 6.07 Å². The Kier molecular flexibility index (Phi) is 2.97. The minimum absolute atomic E-state index is 0.353. The van der Waals surface area contributed by atoms with E-state index in [1.54, 1.807) is 0 Å². The van der Waals surface area contributed by atoms with E-state index in [1.807, 2.05) is 0 Å². The van der Waals surface area contributed by atoms with Crippen LogP contribution < -0.4 is 5.14 Å². The molecule has 0 atom stereocenters. The Morgan fingerprint density at radius 1 is 1.12 bits per heavy atom. The molecule has 0 saturated heterocycles. The summed E-state index contributed by atoms with van der Waals surface area (Å²) < 4.78 is 22.1. The zero-order valence-corrected chi connectivity index (χ0v) is 8.56. The van der Waals surface area contributed by atoms with Gasteiger partial charge < -0.3 is 10.2 Å². The molecule has 8 heteroatoms. The number of primary sulfonamides is 1. The third kappa shape index (κ3) is 2.35. The number of benzene rings is 1. The smallest absolute Gasteiger partial charge is 0.337 e. The Morgan fingerprint density at radius 3 is 2.06 bits per heavy atom. The molecule has 0 saturated carbocycles. The highest BCUT2D eigenvalue weighted by Crippen LogP contribution is 2.16. The molecule has 0 amide bonds. The Morgan fingerprint density at radius 2 is 1.69 bits per heavy atom. The number of hydrogen-bond donors (Lipinski definition) is 3. The molecule has 0 bridgehead atoms. The monoisotopic (exact) mass is 245 g/mol. The predicted molar refractivity (Wildman–Crippen MR) is 51.7 cm³/mol. The van der Waals surface area contributed by atoms with Gasteiger partial charge in [0.15, 0.2) is 0 Å². The summed E-state index contributed by atoms with van der Waals surface area (Å²) in [6, 6.07) is 2.58. The molecular weight excluding hydrogens is 238 g/mol.